The maximum atomic E-state index is 8.24. The lowest BCUT2D eigenvalue weighted by atomic mass is 10.1. The average Bonchev–Trinajstić information content (AvgIpc) is 2.09. The topological polar surface area (TPSA) is 54.2 Å². The van der Waals surface area contributed by atoms with Crippen molar-refractivity contribution in [1.82, 2.24) is 0 Å². The zero-order valence-electron chi connectivity index (χ0n) is 9.19. The normalized spacial score (nSPS) is 12.3. The summed E-state index contributed by atoms with van der Waals surface area (Å²) in [5.41, 5.74) is 0.713. The average molecular weight is 198 g/mol. The van der Waals surface area contributed by atoms with Crippen LogP contribution in [0.3, 0.4) is 0 Å². The summed E-state index contributed by atoms with van der Waals surface area (Å²) in [7, 11) is 0. The van der Waals surface area contributed by atoms with Gasteiger partial charge in [-0.05, 0) is 33.8 Å². The van der Waals surface area contributed by atoms with Gasteiger partial charge in [0.05, 0.1) is 6.21 Å². The Bertz CT molecular complexity index is 239. The summed E-state index contributed by atoms with van der Waals surface area (Å²) in [5, 5.41) is 14.9. The van der Waals surface area contributed by atoms with Gasteiger partial charge in [0, 0.05) is 12.6 Å². The van der Waals surface area contributed by atoms with Gasteiger partial charge < -0.3 is 10.0 Å². The summed E-state index contributed by atoms with van der Waals surface area (Å²) in [6.07, 6.45) is 5.36. The number of allylic oxidation sites excluding steroid dienone is 2. The van der Waals surface area contributed by atoms with Crippen molar-refractivity contribution < 1.29 is 10.0 Å². The van der Waals surface area contributed by atoms with Gasteiger partial charge in [-0.1, -0.05) is 10.7 Å². The molecule has 0 heterocycles. The molecule has 0 aliphatic heterocycles. The van der Waals surface area contributed by atoms with Crippen LogP contribution in [0.15, 0.2) is 22.0 Å². The van der Waals surface area contributed by atoms with E-state index in [0.717, 1.165) is 5.57 Å². The van der Waals surface area contributed by atoms with Gasteiger partial charge >= 0.3 is 0 Å². The van der Waals surface area contributed by atoms with E-state index >= 15 is 0 Å². The molecule has 0 unspecified atom stereocenters. The predicted octanol–water partition coefficient (Wildman–Crippen LogP) is 2.58. The van der Waals surface area contributed by atoms with Gasteiger partial charge in [0.25, 0.3) is 0 Å². The highest BCUT2D eigenvalue weighted by molar-refractivity contribution is 5.71. The first kappa shape index (κ1) is 12.7. The highest BCUT2D eigenvalue weighted by Crippen LogP contribution is 2.12. The van der Waals surface area contributed by atoms with Gasteiger partial charge in [0.2, 0.25) is 0 Å². The van der Waals surface area contributed by atoms with Crippen molar-refractivity contribution in [2.45, 2.75) is 39.7 Å². The molecule has 0 atom stereocenters. The van der Waals surface area contributed by atoms with Crippen LogP contribution in [-0.4, -0.2) is 23.2 Å². The molecule has 0 rings (SSSR count). The number of oxime groups is 2. The van der Waals surface area contributed by atoms with Crippen molar-refractivity contribution in [3.63, 3.8) is 0 Å². The second-order valence-corrected chi connectivity index (χ2v) is 3.85. The summed E-state index contributed by atoms with van der Waals surface area (Å²) in [6, 6.07) is 0. The molecule has 0 radical (unpaired) electrons. The first-order chi connectivity index (χ1) is 6.48. The molecule has 0 fully saturated rings. The SMILES string of the molecule is CC(C)=CC=NOC(C)(C)CC=NO. The van der Waals surface area contributed by atoms with E-state index in [-0.39, 0.29) is 0 Å². The molecule has 0 bridgehead atoms. The standard InChI is InChI=1S/C10H18N2O2/c1-9(2)5-7-12-14-10(3,4)6-8-11-13/h5,7-8,13H,6H2,1-4H3. The lowest BCUT2D eigenvalue weighted by Crippen LogP contribution is -2.22. The van der Waals surface area contributed by atoms with Crippen LogP contribution in [0.1, 0.15) is 34.1 Å². The van der Waals surface area contributed by atoms with Crippen LogP contribution in [0.2, 0.25) is 0 Å². The number of nitrogens with zero attached hydrogens (tertiary/aromatic N) is 2. The summed E-state index contributed by atoms with van der Waals surface area (Å²) >= 11 is 0. The fourth-order valence-electron chi connectivity index (χ4n) is 0.651. The maximum Gasteiger partial charge on any atom is 0.137 e. The molecule has 80 valence electrons. The third-order valence-electron chi connectivity index (χ3n) is 1.43. The Morgan fingerprint density at radius 3 is 2.57 bits per heavy atom. The maximum absolute atomic E-state index is 8.24. The van der Waals surface area contributed by atoms with E-state index in [1.807, 2.05) is 33.8 Å². The molecule has 4 heteroatoms. The Morgan fingerprint density at radius 2 is 2.07 bits per heavy atom. The van der Waals surface area contributed by atoms with E-state index in [1.54, 1.807) is 6.21 Å². The van der Waals surface area contributed by atoms with Crippen LogP contribution in [0.4, 0.5) is 0 Å². The highest BCUT2D eigenvalue weighted by Gasteiger charge is 2.17. The molecule has 0 saturated carbocycles. The summed E-state index contributed by atoms with van der Waals surface area (Å²) in [6.45, 7) is 7.70. The van der Waals surface area contributed by atoms with E-state index in [1.165, 1.54) is 6.21 Å². The van der Waals surface area contributed by atoms with Gasteiger partial charge in [0.15, 0.2) is 0 Å². The lowest BCUT2D eigenvalue weighted by molar-refractivity contribution is -0.00689. The number of hydrogen-bond donors (Lipinski definition) is 1. The second-order valence-electron chi connectivity index (χ2n) is 3.85. The quantitative estimate of drug-likeness (QED) is 0.419. The van der Waals surface area contributed by atoms with E-state index in [9.17, 15) is 0 Å². The molecule has 0 aliphatic carbocycles. The molecular formula is C10H18N2O2. The lowest BCUT2D eigenvalue weighted by Gasteiger charge is -2.18. The van der Waals surface area contributed by atoms with Crippen molar-refractivity contribution >= 4 is 12.4 Å². The van der Waals surface area contributed by atoms with Crippen LogP contribution in [0, 0.1) is 0 Å². The fraction of sp³-hybridized carbons (Fsp3) is 0.600. The Morgan fingerprint density at radius 1 is 1.43 bits per heavy atom. The van der Waals surface area contributed by atoms with Crippen molar-refractivity contribution in [2.24, 2.45) is 10.3 Å². The molecule has 0 saturated heterocycles. The number of hydrogen-bond acceptors (Lipinski definition) is 4. The van der Waals surface area contributed by atoms with Gasteiger partial charge in [0.1, 0.15) is 5.60 Å². The largest absolute Gasteiger partial charge is 0.411 e. The van der Waals surface area contributed by atoms with E-state index in [4.69, 9.17) is 10.0 Å². The molecule has 0 amide bonds. The predicted molar refractivity (Wildman–Crippen MR) is 58.0 cm³/mol. The molecule has 0 aromatic carbocycles. The molecule has 0 aromatic heterocycles. The smallest absolute Gasteiger partial charge is 0.137 e. The molecule has 14 heavy (non-hydrogen) atoms. The Balaban J connectivity index is 3.98. The molecule has 1 N–H and O–H groups in total. The zero-order valence-corrected chi connectivity index (χ0v) is 9.19. The van der Waals surface area contributed by atoms with Crippen molar-refractivity contribution in [1.29, 1.82) is 0 Å². The van der Waals surface area contributed by atoms with Crippen LogP contribution in [-0.2, 0) is 4.84 Å². The van der Waals surface area contributed by atoms with Gasteiger partial charge in [-0.15, -0.1) is 5.16 Å². The Kier molecular flexibility index (Phi) is 5.60. The van der Waals surface area contributed by atoms with Crippen LogP contribution in [0.25, 0.3) is 0 Å². The van der Waals surface area contributed by atoms with Crippen LogP contribution in [0.5, 0.6) is 0 Å². The van der Waals surface area contributed by atoms with Crippen LogP contribution >= 0.6 is 0 Å². The fourth-order valence-corrected chi connectivity index (χ4v) is 0.651. The Labute approximate surface area is 84.9 Å². The summed E-state index contributed by atoms with van der Waals surface area (Å²) < 4.78 is 0. The zero-order chi connectivity index (χ0) is 11.0. The summed E-state index contributed by atoms with van der Waals surface area (Å²) in [4.78, 5) is 5.20. The van der Waals surface area contributed by atoms with Crippen LogP contribution < -0.4 is 0 Å². The summed E-state index contributed by atoms with van der Waals surface area (Å²) in [5.74, 6) is 0. The van der Waals surface area contributed by atoms with Gasteiger partial charge in [-0.3, -0.25) is 0 Å². The molecule has 0 aliphatic rings. The van der Waals surface area contributed by atoms with Crippen molar-refractivity contribution in [2.75, 3.05) is 0 Å². The third-order valence-corrected chi connectivity index (χ3v) is 1.43. The molecule has 0 spiro atoms. The van der Waals surface area contributed by atoms with Gasteiger partial charge in [-0.2, -0.15) is 0 Å². The first-order valence-electron chi connectivity index (χ1n) is 4.49. The van der Waals surface area contributed by atoms with E-state index in [0.29, 0.717) is 6.42 Å². The van der Waals surface area contributed by atoms with Crippen molar-refractivity contribution in [3.8, 4) is 0 Å². The van der Waals surface area contributed by atoms with Crippen molar-refractivity contribution in [3.05, 3.63) is 11.6 Å². The minimum atomic E-state index is -0.446. The minimum Gasteiger partial charge on any atom is -0.411 e. The third kappa shape index (κ3) is 7.34. The van der Waals surface area contributed by atoms with E-state index < -0.39 is 5.60 Å². The molecule has 0 aromatic rings. The minimum absolute atomic E-state index is 0.446. The second kappa shape index (κ2) is 6.18. The first-order valence-corrected chi connectivity index (χ1v) is 4.49. The Hall–Kier alpha value is -1.32. The highest BCUT2D eigenvalue weighted by atomic mass is 16.6. The molecular weight excluding hydrogens is 180 g/mol. The van der Waals surface area contributed by atoms with E-state index in [2.05, 4.69) is 10.3 Å². The number of rotatable bonds is 5. The monoisotopic (exact) mass is 198 g/mol. The van der Waals surface area contributed by atoms with Gasteiger partial charge in [-0.25, -0.2) is 0 Å². The molecule has 4 nitrogen and oxygen atoms in total.